The van der Waals surface area contributed by atoms with Crippen LogP contribution in [-0.4, -0.2) is 28.3 Å². The molecule has 1 aromatic carbocycles. The maximum Gasteiger partial charge on any atom is 0.157 e. The summed E-state index contributed by atoms with van der Waals surface area (Å²) in [5, 5.41) is 22.0. The largest absolute Gasteiger partial charge is 0.504 e. The predicted octanol–water partition coefficient (Wildman–Crippen LogP) is 2.95. The van der Waals surface area contributed by atoms with E-state index in [0.717, 1.165) is 30.2 Å². The van der Waals surface area contributed by atoms with E-state index in [0.29, 0.717) is 6.54 Å². The Balaban J connectivity index is 1.98. The van der Waals surface area contributed by atoms with Crippen LogP contribution in [0.3, 0.4) is 0 Å². The van der Waals surface area contributed by atoms with E-state index in [2.05, 4.69) is 29.0 Å². The van der Waals surface area contributed by atoms with Crippen LogP contribution in [0.4, 0.5) is 11.5 Å². The lowest BCUT2D eigenvalue weighted by atomic mass is 10.2. The first-order chi connectivity index (χ1) is 10.1. The van der Waals surface area contributed by atoms with Gasteiger partial charge in [0, 0.05) is 19.6 Å². The zero-order chi connectivity index (χ0) is 15.2. The molecule has 0 unspecified atom stereocenters. The van der Waals surface area contributed by atoms with Gasteiger partial charge in [0.2, 0.25) is 0 Å². The Kier molecular flexibility index (Phi) is 4.87. The summed E-state index contributed by atoms with van der Waals surface area (Å²) in [5.41, 5.74) is 1.80. The second-order valence-electron chi connectivity index (χ2n) is 4.75. The minimum absolute atomic E-state index is 0.107. The average molecular weight is 287 g/mol. The van der Waals surface area contributed by atoms with Gasteiger partial charge < -0.3 is 20.4 Å². The van der Waals surface area contributed by atoms with Gasteiger partial charge >= 0.3 is 0 Å². The van der Waals surface area contributed by atoms with Crippen LogP contribution in [0, 0.1) is 0 Å². The molecule has 0 aliphatic rings. The number of nitrogens with zero attached hydrogens (tertiary/aromatic N) is 2. The van der Waals surface area contributed by atoms with E-state index in [1.165, 1.54) is 6.07 Å². The van der Waals surface area contributed by atoms with E-state index in [9.17, 15) is 10.2 Å². The van der Waals surface area contributed by atoms with Gasteiger partial charge in [-0.25, -0.2) is 4.98 Å². The first-order valence-electron chi connectivity index (χ1n) is 7.09. The first kappa shape index (κ1) is 15.0. The number of aromatic nitrogens is 1. The second-order valence-corrected chi connectivity index (χ2v) is 4.75. The third kappa shape index (κ3) is 3.78. The molecule has 5 heteroatoms. The van der Waals surface area contributed by atoms with E-state index in [4.69, 9.17) is 0 Å². The zero-order valence-electron chi connectivity index (χ0n) is 12.4. The molecular formula is C16H21N3O2. The molecule has 1 aromatic heterocycles. The Bertz CT molecular complexity index is 581. The standard InChI is InChI=1S/C16H21N3O2/c1-3-19(4-2)16-8-6-13(11-18-16)17-10-12-5-7-14(20)15(21)9-12/h5-9,11,17,20-21H,3-4,10H2,1-2H3. The van der Waals surface area contributed by atoms with E-state index in [1.807, 2.05) is 12.1 Å². The van der Waals surface area contributed by atoms with Crippen molar-refractivity contribution in [3.63, 3.8) is 0 Å². The molecule has 0 radical (unpaired) electrons. The summed E-state index contributed by atoms with van der Waals surface area (Å²) in [6.07, 6.45) is 1.80. The summed E-state index contributed by atoms with van der Waals surface area (Å²) in [6.45, 7) is 6.63. The Morgan fingerprint density at radius 3 is 2.38 bits per heavy atom. The zero-order valence-corrected chi connectivity index (χ0v) is 12.4. The van der Waals surface area contributed by atoms with Crippen molar-refractivity contribution in [1.82, 2.24) is 4.98 Å². The SMILES string of the molecule is CCN(CC)c1ccc(NCc2ccc(O)c(O)c2)cn1. The Morgan fingerprint density at radius 1 is 1.05 bits per heavy atom. The van der Waals surface area contributed by atoms with Crippen molar-refractivity contribution in [1.29, 1.82) is 0 Å². The summed E-state index contributed by atoms with van der Waals surface area (Å²) < 4.78 is 0. The molecule has 0 fully saturated rings. The van der Waals surface area contributed by atoms with Crippen LogP contribution in [-0.2, 0) is 6.54 Å². The third-order valence-corrected chi connectivity index (χ3v) is 3.37. The topological polar surface area (TPSA) is 68.6 Å². The highest BCUT2D eigenvalue weighted by Gasteiger charge is 2.04. The van der Waals surface area contributed by atoms with Gasteiger partial charge in [0.05, 0.1) is 11.9 Å². The lowest BCUT2D eigenvalue weighted by Crippen LogP contribution is -2.22. The molecule has 0 bridgehead atoms. The highest BCUT2D eigenvalue weighted by molar-refractivity contribution is 5.49. The van der Waals surface area contributed by atoms with Gasteiger partial charge in [-0.2, -0.15) is 0 Å². The number of phenolic OH excluding ortho intramolecular Hbond substituents is 2. The van der Waals surface area contributed by atoms with Crippen LogP contribution in [0.25, 0.3) is 0 Å². The molecule has 3 N–H and O–H groups in total. The number of pyridine rings is 1. The van der Waals surface area contributed by atoms with E-state index >= 15 is 0 Å². The van der Waals surface area contributed by atoms with Crippen LogP contribution in [0.1, 0.15) is 19.4 Å². The maximum absolute atomic E-state index is 9.45. The number of anilines is 2. The van der Waals surface area contributed by atoms with Crippen molar-refractivity contribution in [2.24, 2.45) is 0 Å². The summed E-state index contributed by atoms with van der Waals surface area (Å²) in [6, 6.07) is 8.76. The molecule has 5 nitrogen and oxygen atoms in total. The number of rotatable bonds is 6. The number of nitrogens with one attached hydrogen (secondary N) is 1. The fourth-order valence-corrected chi connectivity index (χ4v) is 2.11. The third-order valence-electron chi connectivity index (χ3n) is 3.37. The Labute approximate surface area is 124 Å². The molecule has 0 aliphatic carbocycles. The van der Waals surface area contributed by atoms with Crippen LogP contribution in [0.2, 0.25) is 0 Å². The summed E-state index contributed by atoms with van der Waals surface area (Å²) in [5.74, 6) is 0.751. The lowest BCUT2D eigenvalue weighted by molar-refractivity contribution is 0.403. The van der Waals surface area contributed by atoms with E-state index < -0.39 is 0 Å². The first-order valence-corrected chi connectivity index (χ1v) is 7.09. The van der Waals surface area contributed by atoms with Crippen molar-refractivity contribution in [3.05, 3.63) is 42.1 Å². The Morgan fingerprint density at radius 2 is 1.81 bits per heavy atom. The van der Waals surface area contributed by atoms with Gasteiger partial charge in [0.25, 0.3) is 0 Å². The van der Waals surface area contributed by atoms with Crippen LogP contribution >= 0.6 is 0 Å². The van der Waals surface area contributed by atoms with Crippen molar-refractivity contribution in [3.8, 4) is 11.5 Å². The molecule has 2 aromatic rings. The number of phenols is 2. The number of benzene rings is 1. The minimum Gasteiger partial charge on any atom is -0.504 e. The molecule has 2 rings (SSSR count). The van der Waals surface area contributed by atoms with Crippen LogP contribution in [0.5, 0.6) is 11.5 Å². The van der Waals surface area contributed by atoms with Gasteiger partial charge in [0.1, 0.15) is 5.82 Å². The second kappa shape index (κ2) is 6.83. The molecule has 0 spiro atoms. The maximum atomic E-state index is 9.45. The van der Waals surface area contributed by atoms with Crippen molar-refractivity contribution in [2.75, 3.05) is 23.3 Å². The van der Waals surface area contributed by atoms with Crippen molar-refractivity contribution in [2.45, 2.75) is 20.4 Å². The highest BCUT2D eigenvalue weighted by atomic mass is 16.3. The van der Waals surface area contributed by atoms with Crippen molar-refractivity contribution < 1.29 is 10.2 Å². The molecule has 1 heterocycles. The summed E-state index contributed by atoms with van der Waals surface area (Å²) in [7, 11) is 0. The van der Waals surface area contributed by atoms with Gasteiger partial charge in [-0.1, -0.05) is 6.07 Å². The average Bonchev–Trinajstić information content (AvgIpc) is 2.51. The predicted molar refractivity (Wildman–Crippen MR) is 84.9 cm³/mol. The Hall–Kier alpha value is -2.43. The summed E-state index contributed by atoms with van der Waals surface area (Å²) in [4.78, 5) is 6.62. The molecule has 0 aliphatic heterocycles. The molecular weight excluding hydrogens is 266 g/mol. The molecule has 0 atom stereocenters. The van der Waals surface area contributed by atoms with Gasteiger partial charge in [-0.3, -0.25) is 0 Å². The van der Waals surface area contributed by atoms with Crippen molar-refractivity contribution >= 4 is 11.5 Å². The minimum atomic E-state index is -0.107. The van der Waals surface area contributed by atoms with Crippen LogP contribution in [0.15, 0.2) is 36.5 Å². The fourth-order valence-electron chi connectivity index (χ4n) is 2.11. The lowest BCUT2D eigenvalue weighted by Gasteiger charge is -2.19. The molecule has 0 saturated heterocycles. The number of hydrogen-bond acceptors (Lipinski definition) is 5. The molecule has 0 amide bonds. The quantitative estimate of drug-likeness (QED) is 0.713. The van der Waals surface area contributed by atoms with E-state index in [-0.39, 0.29) is 11.5 Å². The monoisotopic (exact) mass is 287 g/mol. The smallest absolute Gasteiger partial charge is 0.157 e. The highest BCUT2D eigenvalue weighted by Crippen LogP contribution is 2.25. The van der Waals surface area contributed by atoms with Crippen LogP contribution < -0.4 is 10.2 Å². The number of aromatic hydroxyl groups is 2. The number of hydrogen-bond donors (Lipinski definition) is 3. The van der Waals surface area contributed by atoms with Gasteiger partial charge in [0.15, 0.2) is 11.5 Å². The molecule has 21 heavy (non-hydrogen) atoms. The fraction of sp³-hybridized carbons (Fsp3) is 0.312. The van der Waals surface area contributed by atoms with Gasteiger partial charge in [-0.15, -0.1) is 0 Å². The molecule has 0 saturated carbocycles. The van der Waals surface area contributed by atoms with E-state index in [1.54, 1.807) is 18.3 Å². The molecule has 112 valence electrons. The summed E-state index contributed by atoms with van der Waals surface area (Å²) >= 11 is 0. The van der Waals surface area contributed by atoms with Gasteiger partial charge in [-0.05, 0) is 43.7 Å². The normalized spacial score (nSPS) is 10.4.